The molecule has 1 aliphatic carbocycles. The second kappa shape index (κ2) is 11.4. The van der Waals surface area contributed by atoms with Crippen molar-refractivity contribution in [3.8, 4) is 0 Å². The van der Waals surface area contributed by atoms with E-state index >= 15 is 0 Å². The largest absolute Gasteiger partial charge is 0.445 e. The average molecular weight is 500 g/mol. The van der Waals surface area contributed by atoms with Crippen molar-refractivity contribution in [2.45, 2.75) is 85.5 Å². The topological polar surface area (TPSA) is 105 Å². The lowest BCUT2D eigenvalue weighted by Crippen LogP contribution is -2.60. The molecule has 1 aromatic rings. The van der Waals surface area contributed by atoms with E-state index < -0.39 is 35.5 Å². The van der Waals surface area contributed by atoms with Gasteiger partial charge in [-0.2, -0.15) is 0 Å². The summed E-state index contributed by atoms with van der Waals surface area (Å²) in [4.78, 5) is 53.9. The van der Waals surface area contributed by atoms with Crippen LogP contribution in [0, 0.1) is 23.2 Å². The molecule has 0 spiro atoms. The highest BCUT2D eigenvalue weighted by molar-refractivity contribution is 5.95. The summed E-state index contributed by atoms with van der Waals surface area (Å²) in [7, 11) is 0. The minimum atomic E-state index is -0.882. The average Bonchev–Trinajstić information content (AvgIpc) is 3.40. The summed E-state index contributed by atoms with van der Waals surface area (Å²) in [6.07, 6.45) is 2.36. The van der Waals surface area contributed by atoms with Crippen LogP contribution in [-0.4, -0.2) is 53.3 Å². The minimum absolute atomic E-state index is 0.000351. The second-order valence-corrected chi connectivity index (χ2v) is 11.6. The summed E-state index contributed by atoms with van der Waals surface area (Å²) in [5.74, 6) is -0.384. The Balaban J connectivity index is 1.70. The number of likely N-dealkylation sites (tertiary alicyclic amines) is 1. The molecule has 1 aliphatic heterocycles. The van der Waals surface area contributed by atoms with E-state index in [1.807, 2.05) is 65.0 Å². The Morgan fingerprint density at radius 3 is 2.31 bits per heavy atom. The molecule has 3 rings (SSSR count). The van der Waals surface area contributed by atoms with E-state index in [4.69, 9.17) is 4.74 Å². The van der Waals surface area contributed by atoms with Crippen molar-refractivity contribution in [2.24, 2.45) is 23.2 Å². The van der Waals surface area contributed by atoms with Crippen LogP contribution in [0.5, 0.6) is 0 Å². The number of nitrogens with one attached hydrogen (secondary N) is 2. The Kier molecular flexibility index (Phi) is 8.80. The van der Waals surface area contributed by atoms with Crippen molar-refractivity contribution in [2.75, 3.05) is 6.54 Å². The molecular formula is C28H41N3O5. The standard InChI is InChI=1S/C28H41N3O5/c1-17(2)22(29-27(35)36-16-19-11-8-7-9-12-19)25(33)30-24(28(4,5)6)26(34)31-15-20-13-10-14-21(20)23(31)18(3)32/h7-9,11-12,17,20-24H,10,13-16H2,1-6H3,(H,29,35)(H,30,33)/t20-,21-,22-,23+,24+/m0/s1. The first kappa shape index (κ1) is 27.7. The van der Waals surface area contributed by atoms with Gasteiger partial charge in [-0.15, -0.1) is 0 Å². The summed E-state index contributed by atoms with van der Waals surface area (Å²) in [5.41, 5.74) is 0.244. The number of ketones is 1. The zero-order valence-electron chi connectivity index (χ0n) is 22.4. The van der Waals surface area contributed by atoms with Gasteiger partial charge in [0, 0.05) is 6.54 Å². The monoisotopic (exact) mass is 499 g/mol. The van der Waals surface area contributed by atoms with Gasteiger partial charge in [-0.25, -0.2) is 4.79 Å². The molecule has 8 nitrogen and oxygen atoms in total. The third-order valence-electron chi connectivity index (χ3n) is 7.42. The van der Waals surface area contributed by atoms with Gasteiger partial charge in [-0.1, -0.05) is 71.4 Å². The molecule has 1 aromatic carbocycles. The lowest BCUT2D eigenvalue weighted by atomic mass is 9.84. The molecule has 2 fully saturated rings. The first-order valence-electron chi connectivity index (χ1n) is 13.0. The number of nitrogens with zero attached hydrogens (tertiary/aromatic N) is 1. The lowest BCUT2D eigenvalue weighted by Gasteiger charge is -2.37. The molecule has 1 saturated carbocycles. The van der Waals surface area contributed by atoms with Crippen molar-refractivity contribution < 1.29 is 23.9 Å². The third-order valence-corrected chi connectivity index (χ3v) is 7.42. The Labute approximate surface area is 214 Å². The predicted molar refractivity (Wildman–Crippen MR) is 137 cm³/mol. The van der Waals surface area contributed by atoms with Crippen LogP contribution in [0.3, 0.4) is 0 Å². The Bertz CT molecular complexity index is 956. The number of hydrogen-bond donors (Lipinski definition) is 2. The number of benzene rings is 1. The van der Waals surface area contributed by atoms with Gasteiger partial charge < -0.3 is 20.3 Å². The third kappa shape index (κ3) is 6.45. The maximum absolute atomic E-state index is 13.8. The number of amides is 3. The van der Waals surface area contributed by atoms with Crippen LogP contribution in [0.25, 0.3) is 0 Å². The zero-order valence-corrected chi connectivity index (χ0v) is 22.4. The van der Waals surface area contributed by atoms with Crippen LogP contribution in [0.1, 0.15) is 66.4 Å². The van der Waals surface area contributed by atoms with E-state index in [1.165, 1.54) is 0 Å². The van der Waals surface area contributed by atoms with Crippen LogP contribution in [0.2, 0.25) is 0 Å². The van der Waals surface area contributed by atoms with Crippen LogP contribution < -0.4 is 10.6 Å². The number of fused-ring (bicyclic) bond motifs is 1. The minimum Gasteiger partial charge on any atom is -0.445 e. The quantitative estimate of drug-likeness (QED) is 0.568. The first-order chi connectivity index (χ1) is 16.9. The number of Topliss-reactive ketones (excluding diaryl/α,β-unsaturated/α-hetero) is 1. The molecule has 0 unspecified atom stereocenters. The van der Waals surface area contributed by atoms with Crippen molar-refractivity contribution in [1.82, 2.24) is 15.5 Å². The number of carbonyl (C=O) groups is 4. The summed E-state index contributed by atoms with van der Waals surface area (Å²) in [5, 5.41) is 5.57. The Hall–Kier alpha value is -2.90. The van der Waals surface area contributed by atoms with Crippen molar-refractivity contribution in [1.29, 1.82) is 0 Å². The smallest absolute Gasteiger partial charge is 0.408 e. The fourth-order valence-corrected chi connectivity index (χ4v) is 5.53. The zero-order chi connectivity index (χ0) is 26.6. The number of alkyl carbamates (subject to hydrolysis) is 1. The van der Waals surface area contributed by atoms with Crippen molar-refractivity contribution in [3.63, 3.8) is 0 Å². The summed E-state index contributed by atoms with van der Waals surface area (Å²) in [6.45, 7) is 11.5. The molecule has 2 aliphatic rings. The number of ether oxygens (including phenoxy) is 1. The molecule has 1 heterocycles. The van der Waals surface area contributed by atoms with Gasteiger partial charge in [0.25, 0.3) is 0 Å². The van der Waals surface area contributed by atoms with Crippen LogP contribution >= 0.6 is 0 Å². The van der Waals surface area contributed by atoms with E-state index in [9.17, 15) is 19.2 Å². The number of hydrogen-bond acceptors (Lipinski definition) is 5. The van der Waals surface area contributed by atoms with Gasteiger partial charge in [-0.05, 0) is 48.5 Å². The second-order valence-electron chi connectivity index (χ2n) is 11.6. The Morgan fingerprint density at radius 2 is 1.72 bits per heavy atom. The molecule has 2 N–H and O–H groups in total. The van der Waals surface area contributed by atoms with Crippen LogP contribution in [0.4, 0.5) is 4.79 Å². The molecule has 3 amide bonds. The normalized spacial score (nSPS) is 23.1. The highest BCUT2D eigenvalue weighted by Crippen LogP contribution is 2.43. The number of carbonyl (C=O) groups excluding carboxylic acids is 4. The molecule has 0 radical (unpaired) electrons. The van der Waals surface area contributed by atoms with Crippen molar-refractivity contribution >= 4 is 23.7 Å². The van der Waals surface area contributed by atoms with E-state index in [1.54, 1.807) is 11.8 Å². The van der Waals surface area contributed by atoms with E-state index in [-0.39, 0.29) is 30.1 Å². The van der Waals surface area contributed by atoms with E-state index in [2.05, 4.69) is 10.6 Å². The van der Waals surface area contributed by atoms with Gasteiger partial charge in [0.05, 0.1) is 6.04 Å². The van der Waals surface area contributed by atoms with E-state index in [0.29, 0.717) is 12.5 Å². The molecule has 198 valence electrons. The summed E-state index contributed by atoms with van der Waals surface area (Å²) in [6, 6.07) is 7.13. The molecule has 1 saturated heterocycles. The van der Waals surface area contributed by atoms with Gasteiger partial charge >= 0.3 is 6.09 Å². The van der Waals surface area contributed by atoms with Gasteiger partial charge in [0.15, 0.2) is 5.78 Å². The Morgan fingerprint density at radius 1 is 1.06 bits per heavy atom. The van der Waals surface area contributed by atoms with Gasteiger partial charge in [-0.3, -0.25) is 14.4 Å². The highest BCUT2D eigenvalue weighted by atomic mass is 16.5. The maximum Gasteiger partial charge on any atom is 0.408 e. The van der Waals surface area contributed by atoms with Crippen molar-refractivity contribution in [3.05, 3.63) is 35.9 Å². The van der Waals surface area contributed by atoms with Gasteiger partial charge in [0.2, 0.25) is 11.8 Å². The molecule has 8 heteroatoms. The number of rotatable bonds is 8. The first-order valence-corrected chi connectivity index (χ1v) is 13.0. The molecule has 0 aromatic heterocycles. The summed E-state index contributed by atoms with van der Waals surface area (Å²) >= 11 is 0. The molecular weight excluding hydrogens is 458 g/mol. The SMILES string of the molecule is CC(=O)[C@@H]1[C@H]2CCC[C@H]2CN1C(=O)[C@@H](NC(=O)[C@@H](NC(=O)OCc1ccccc1)C(C)C)C(C)(C)C. The van der Waals surface area contributed by atoms with Crippen LogP contribution in [0.15, 0.2) is 30.3 Å². The molecule has 0 bridgehead atoms. The summed E-state index contributed by atoms with van der Waals surface area (Å²) < 4.78 is 5.30. The lowest BCUT2D eigenvalue weighted by molar-refractivity contribution is -0.144. The maximum atomic E-state index is 13.8. The fourth-order valence-electron chi connectivity index (χ4n) is 5.53. The van der Waals surface area contributed by atoms with Gasteiger partial charge in [0.1, 0.15) is 18.7 Å². The highest BCUT2D eigenvalue weighted by Gasteiger charge is 2.50. The molecule has 5 atom stereocenters. The predicted octanol–water partition coefficient (Wildman–Crippen LogP) is 3.68. The van der Waals surface area contributed by atoms with Crippen LogP contribution in [-0.2, 0) is 25.7 Å². The van der Waals surface area contributed by atoms with E-state index in [0.717, 1.165) is 24.8 Å². The fraction of sp³-hybridized carbons (Fsp3) is 0.643. The molecule has 36 heavy (non-hydrogen) atoms.